The van der Waals surface area contributed by atoms with Gasteiger partial charge in [-0.25, -0.2) is 8.42 Å². The summed E-state index contributed by atoms with van der Waals surface area (Å²) >= 11 is 0. The van der Waals surface area contributed by atoms with Crippen LogP contribution in [0.2, 0.25) is 0 Å². The lowest BCUT2D eigenvalue weighted by atomic mass is 9.84. The summed E-state index contributed by atoms with van der Waals surface area (Å²) in [6.45, 7) is 4.63. The Bertz CT molecular complexity index is 995. The zero-order chi connectivity index (χ0) is 21.0. The molecule has 0 bridgehead atoms. The van der Waals surface area contributed by atoms with Crippen LogP contribution in [0, 0.1) is 12.8 Å². The average molecular weight is 414 g/mol. The molecule has 0 unspecified atom stereocenters. The van der Waals surface area contributed by atoms with Crippen LogP contribution < -0.4 is 0 Å². The summed E-state index contributed by atoms with van der Waals surface area (Å²) in [6.07, 6.45) is 0.753. The van der Waals surface area contributed by atoms with Gasteiger partial charge in [0, 0.05) is 19.0 Å². The van der Waals surface area contributed by atoms with Crippen molar-refractivity contribution in [3.8, 4) is 0 Å². The van der Waals surface area contributed by atoms with Crippen molar-refractivity contribution in [1.29, 1.82) is 0 Å². The molecule has 1 aliphatic heterocycles. The number of piperidine rings is 1. The number of benzene rings is 2. The first-order valence-corrected chi connectivity index (χ1v) is 11.2. The fourth-order valence-electron chi connectivity index (χ4n) is 3.81. The number of allylic oxidation sites excluding steroid dienone is 1. The van der Waals surface area contributed by atoms with Crippen LogP contribution in [0.15, 0.2) is 65.1 Å². The number of rotatable bonds is 5. The molecule has 1 atom stereocenters. The normalized spacial score (nSPS) is 19.6. The highest BCUT2D eigenvalue weighted by molar-refractivity contribution is 7.89. The van der Waals surface area contributed by atoms with Gasteiger partial charge in [0.1, 0.15) is 0 Å². The Morgan fingerprint density at radius 2 is 1.76 bits per heavy atom. The largest absolute Gasteiger partial charge is 0.469 e. The zero-order valence-electron chi connectivity index (χ0n) is 17.1. The number of ether oxygens (including phenoxy) is 1. The van der Waals surface area contributed by atoms with Crippen LogP contribution in [0.4, 0.5) is 0 Å². The Morgan fingerprint density at radius 1 is 1.10 bits per heavy atom. The summed E-state index contributed by atoms with van der Waals surface area (Å²) in [5, 5.41) is 0. The van der Waals surface area contributed by atoms with Crippen molar-refractivity contribution in [2.75, 3.05) is 20.2 Å². The number of carbonyl (C=O) groups is 1. The molecule has 0 spiro atoms. The summed E-state index contributed by atoms with van der Waals surface area (Å²) in [7, 11) is -2.25. The van der Waals surface area contributed by atoms with Gasteiger partial charge in [-0.2, -0.15) is 4.31 Å². The summed E-state index contributed by atoms with van der Waals surface area (Å²) in [6, 6.07) is 16.9. The quantitative estimate of drug-likeness (QED) is 0.694. The predicted molar refractivity (Wildman–Crippen MR) is 114 cm³/mol. The van der Waals surface area contributed by atoms with E-state index in [4.69, 9.17) is 4.74 Å². The van der Waals surface area contributed by atoms with Gasteiger partial charge in [0.15, 0.2) is 0 Å². The molecular weight excluding hydrogens is 386 g/mol. The number of nitrogens with zero attached hydrogens (tertiary/aromatic N) is 1. The van der Waals surface area contributed by atoms with Crippen LogP contribution >= 0.6 is 0 Å². The molecule has 0 saturated carbocycles. The van der Waals surface area contributed by atoms with E-state index in [-0.39, 0.29) is 29.7 Å². The molecule has 29 heavy (non-hydrogen) atoms. The van der Waals surface area contributed by atoms with Crippen molar-refractivity contribution in [2.24, 2.45) is 5.92 Å². The Balaban J connectivity index is 1.93. The zero-order valence-corrected chi connectivity index (χ0v) is 17.9. The smallest absolute Gasteiger partial charge is 0.306 e. The Hall–Kier alpha value is -2.44. The highest BCUT2D eigenvalue weighted by Gasteiger charge is 2.34. The van der Waals surface area contributed by atoms with Gasteiger partial charge in [0.05, 0.1) is 18.4 Å². The summed E-state index contributed by atoms with van der Waals surface area (Å²) in [4.78, 5) is 12.3. The molecule has 0 amide bonds. The maximum absolute atomic E-state index is 13.1. The highest BCUT2D eigenvalue weighted by atomic mass is 32.2. The number of hydrogen-bond donors (Lipinski definition) is 0. The van der Waals surface area contributed by atoms with E-state index in [0.717, 1.165) is 22.3 Å². The number of methoxy groups -OCH3 is 1. The molecule has 5 nitrogen and oxygen atoms in total. The van der Waals surface area contributed by atoms with E-state index in [0.29, 0.717) is 13.0 Å². The first kappa shape index (κ1) is 21.3. The van der Waals surface area contributed by atoms with Gasteiger partial charge in [-0.05, 0) is 43.5 Å². The third-order valence-corrected chi connectivity index (χ3v) is 7.41. The first-order chi connectivity index (χ1) is 13.8. The highest BCUT2D eigenvalue weighted by Crippen LogP contribution is 2.35. The minimum Gasteiger partial charge on any atom is -0.469 e. The lowest BCUT2D eigenvalue weighted by Gasteiger charge is -2.35. The van der Waals surface area contributed by atoms with Crippen LogP contribution in [0.5, 0.6) is 0 Å². The van der Waals surface area contributed by atoms with Crippen LogP contribution in [0.3, 0.4) is 0 Å². The van der Waals surface area contributed by atoms with E-state index < -0.39 is 10.0 Å². The lowest BCUT2D eigenvalue weighted by molar-refractivity contribution is -0.141. The van der Waals surface area contributed by atoms with E-state index >= 15 is 0 Å². The van der Waals surface area contributed by atoms with Gasteiger partial charge < -0.3 is 4.74 Å². The molecule has 0 N–H and O–H groups in total. The van der Waals surface area contributed by atoms with E-state index in [2.05, 4.69) is 0 Å². The van der Waals surface area contributed by atoms with Crippen molar-refractivity contribution in [3.63, 3.8) is 0 Å². The Morgan fingerprint density at radius 3 is 2.38 bits per heavy atom. The maximum atomic E-state index is 13.1. The standard InChI is InChI=1S/C23H27NO4S/c1-17-9-11-21(12-10-17)29(26,27)24-14-13-22(20(16-24)15-23(25)28-3)18(2)19-7-5-4-6-8-19/h4-12,20H,13-16H2,1-3H3/b22-18+/t20-/m0/s1. The van der Waals surface area contributed by atoms with Gasteiger partial charge in [0.2, 0.25) is 10.0 Å². The summed E-state index contributed by atoms with van der Waals surface area (Å²) in [5.74, 6) is -0.542. The van der Waals surface area contributed by atoms with Crippen molar-refractivity contribution in [1.82, 2.24) is 4.31 Å². The molecule has 0 aliphatic carbocycles. The van der Waals surface area contributed by atoms with Crippen molar-refractivity contribution < 1.29 is 17.9 Å². The van der Waals surface area contributed by atoms with E-state index in [1.807, 2.05) is 44.2 Å². The SMILES string of the molecule is COC(=O)C[C@H]1CN(S(=O)(=O)c2ccc(C)cc2)CC/C1=C(/C)c1ccccc1. The number of aryl methyl sites for hydroxylation is 1. The second-order valence-electron chi connectivity index (χ2n) is 7.42. The molecule has 0 aromatic heterocycles. The van der Waals surface area contributed by atoms with Gasteiger partial charge in [-0.15, -0.1) is 0 Å². The summed E-state index contributed by atoms with van der Waals surface area (Å²) < 4.78 is 32.6. The van der Waals surface area contributed by atoms with Gasteiger partial charge in [-0.1, -0.05) is 53.6 Å². The van der Waals surface area contributed by atoms with Gasteiger partial charge in [-0.3, -0.25) is 4.79 Å². The number of sulfonamides is 1. The van der Waals surface area contributed by atoms with Gasteiger partial charge >= 0.3 is 5.97 Å². The fraction of sp³-hybridized carbons (Fsp3) is 0.348. The van der Waals surface area contributed by atoms with E-state index in [1.54, 1.807) is 24.3 Å². The Kier molecular flexibility index (Phi) is 6.55. The maximum Gasteiger partial charge on any atom is 0.306 e. The molecule has 2 aromatic rings. The number of carbonyl (C=O) groups excluding carboxylic acids is 1. The van der Waals surface area contributed by atoms with Gasteiger partial charge in [0.25, 0.3) is 0 Å². The van der Waals surface area contributed by atoms with Crippen molar-refractivity contribution in [2.45, 2.75) is 31.6 Å². The van der Waals surface area contributed by atoms with Crippen LogP contribution in [-0.4, -0.2) is 38.9 Å². The predicted octanol–water partition coefficient (Wildman–Crippen LogP) is 4.04. The molecule has 6 heteroatoms. The average Bonchev–Trinajstić information content (AvgIpc) is 2.74. The minimum atomic E-state index is -3.61. The molecule has 0 radical (unpaired) electrons. The van der Waals surface area contributed by atoms with Crippen LogP contribution in [0.25, 0.3) is 5.57 Å². The second kappa shape index (κ2) is 8.93. The monoisotopic (exact) mass is 413 g/mol. The molecule has 3 rings (SSSR count). The third kappa shape index (κ3) is 4.77. The van der Waals surface area contributed by atoms with Crippen LogP contribution in [0.1, 0.15) is 30.9 Å². The van der Waals surface area contributed by atoms with Crippen molar-refractivity contribution >= 4 is 21.6 Å². The Labute approximate surface area is 173 Å². The number of hydrogen-bond acceptors (Lipinski definition) is 4. The molecular formula is C23H27NO4S. The van der Waals surface area contributed by atoms with Crippen LogP contribution in [-0.2, 0) is 19.6 Å². The van der Waals surface area contributed by atoms with Crippen molar-refractivity contribution in [3.05, 3.63) is 71.3 Å². The molecule has 1 fully saturated rings. The third-order valence-electron chi connectivity index (χ3n) is 5.54. The molecule has 1 aliphatic rings. The lowest BCUT2D eigenvalue weighted by Crippen LogP contribution is -2.41. The summed E-state index contributed by atoms with van der Waals surface area (Å²) in [5.41, 5.74) is 4.32. The number of esters is 1. The molecule has 154 valence electrons. The molecule has 1 heterocycles. The van der Waals surface area contributed by atoms with E-state index in [1.165, 1.54) is 11.4 Å². The second-order valence-corrected chi connectivity index (χ2v) is 9.36. The fourth-order valence-corrected chi connectivity index (χ4v) is 5.30. The molecule has 1 saturated heterocycles. The molecule has 2 aromatic carbocycles. The topological polar surface area (TPSA) is 63.7 Å². The minimum absolute atomic E-state index is 0.163. The first-order valence-electron chi connectivity index (χ1n) is 9.71. The van der Waals surface area contributed by atoms with E-state index in [9.17, 15) is 13.2 Å².